The summed E-state index contributed by atoms with van der Waals surface area (Å²) in [5.74, 6) is 0.0446. The molecule has 2 N–H and O–H groups in total. The van der Waals surface area contributed by atoms with Gasteiger partial charge < -0.3 is 9.84 Å². The number of hydrogen-bond acceptors (Lipinski definition) is 6. The highest BCUT2D eigenvalue weighted by atomic mass is 32.2. The van der Waals surface area contributed by atoms with E-state index in [0.717, 1.165) is 17.4 Å². The van der Waals surface area contributed by atoms with Crippen LogP contribution in [0.15, 0.2) is 59.4 Å². The lowest BCUT2D eigenvalue weighted by molar-refractivity contribution is 0.0931. The van der Waals surface area contributed by atoms with Gasteiger partial charge in [-0.1, -0.05) is 17.3 Å². The normalized spacial score (nSPS) is 12.4. The summed E-state index contributed by atoms with van der Waals surface area (Å²) in [6, 6.07) is 11.5. The first kappa shape index (κ1) is 18.6. The number of carbonyl (C=O) groups is 1. The molecule has 0 aliphatic rings. The van der Waals surface area contributed by atoms with Gasteiger partial charge in [-0.15, -0.1) is 0 Å². The fourth-order valence-electron chi connectivity index (χ4n) is 2.47. The van der Waals surface area contributed by atoms with Gasteiger partial charge in [0.15, 0.2) is 11.5 Å². The van der Waals surface area contributed by atoms with Crippen LogP contribution in [0.3, 0.4) is 0 Å². The smallest absolute Gasteiger partial charge is 0.273 e. The van der Waals surface area contributed by atoms with Crippen LogP contribution in [0.4, 0.5) is 5.69 Å². The lowest BCUT2D eigenvalue weighted by Gasteiger charge is -2.14. The van der Waals surface area contributed by atoms with Crippen LogP contribution in [0.5, 0.6) is 0 Å². The number of benzene rings is 1. The zero-order valence-corrected chi connectivity index (χ0v) is 15.5. The summed E-state index contributed by atoms with van der Waals surface area (Å²) in [6.07, 6.45) is 4.34. The predicted octanol–water partition coefficient (Wildman–Crippen LogP) is 2.60. The van der Waals surface area contributed by atoms with E-state index in [1.807, 2.05) is 0 Å². The van der Waals surface area contributed by atoms with E-state index < -0.39 is 15.9 Å². The first-order chi connectivity index (χ1) is 12.8. The molecule has 1 atom stereocenters. The number of carbonyl (C=O) groups excluding carboxylic acids is 1. The summed E-state index contributed by atoms with van der Waals surface area (Å²) >= 11 is 0. The van der Waals surface area contributed by atoms with E-state index in [9.17, 15) is 13.2 Å². The van der Waals surface area contributed by atoms with Crippen molar-refractivity contribution in [2.75, 3.05) is 11.0 Å². The molecular weight excluding hydrogens is 368 g/mol. The van der Waals surface area contributed by atoms with E-state index in [4.69, 9.17) is 4.52 Å². The van der Waals surface area contributed by atoms with Crippen molar-refractivity contribution >= 4 is 21.6 Å². The molecule has 0 bridgehead atoms. The molecule has 1 aromatic carbocycles. The molecule has 140 valence electrons. The van der Waals surface area contributed by atoms with Gasteiger partial charge in [0.25, 0.3) is 5.91 Å². The average Bonchev–Trinajstić information content (AvgIpc) is 3.11. The summed E-state index contributed by atoms with van der Waals surface area (Å²) in [5.41, 5.74) is 2.03. The zero-order valence-electron chi connectivity index (χ0n) is 14.7. The quantitative estimate of drug-likeness (QED) is 0.673. The lowest BCUT2D eigenvalue weighted by atomic mass is 10.1. The Kier molecular flexibility index (Phi) is 5.22. The van der Waals surface area contributed by atoms with Gasteiger partial charge in [0.05, 0.1) is 12.3 Å². The van der Waals surface area contributed by atoms with E-state index in [1.54, 1.807) is 61.8 Å². The molecule has 3 aromatic rings. The molecule has 0 spiro atoms. The van der Waals surface area contributed by atoms with Crippen molar-refractivity contribution < 1.29 is 17.7 Å². The second kappa shape index (κ2) is 7.58. The number of rotatable bonds is 6. The van der Waals surface area contributed by atoms with Gasteiger partial charge in [0.1, 0.15) is 0 Å². The molecule has 0 radical (unpaired) electrons. The van der Waals surface area contributed by atoms with E-state index >= 15 is 0 Å². The van der Waals surface area contributed by atoms with Crippen LogP contribution in [0.2, 0.25) is 0 Å². The number of pyridine rings is 1. The molecule has 0 aliphatic carbocycles. The Bertz CT molecular complexity index is 1050. The number of sulfonamides is 1. The molecule has 9 heteroatoms. The highest BCUT2D eigenvalue weighted by molar-refractivity contribution is 7.92. The minimum Gasteiger partial charge on any atom is -0.355 e. The molecular formula is C18H18N4O4S. The van der Waals surface area contributed by atoms with Crippen LogP contribution in [-0.2, 0) is 10.0 Å². The van der Waals surface area contributed by atoms with Crippen LogP contribution >= 0.6 is 0 Å². The van der Waals surface area contributed by atoms with E-state index in [0.29, 0.717) is 11.4 Å². The van der Waals surface area contributed by atoms with E-state index in [1.165, 1.54) is 0 Å². The maximum atomic E-state index is 12.4. The fraction of sp³-hybridized carbons (Fsp3) is 0.167. The molecule has 0 saturated carbocycles. The summed E-state index contributed by atoms with van der Waals surface area (Å²) in [7, 11) is -3.37. The topological polar surface area (TPSA) is 114 Å². The Morgan fingerprint density at radius 1 is 1.19 bits per heavy atom. The number of amides is 1. The Morgan fingerprint density at radius 3 is 2.70 bits per heavy atom. The number of nitrogens with zero attached hydrogens (tertiary/aromatic N) is 2. The summed E-state index contributed by atoms with van der Waals surface area (Å²) in [4.78, 5) is 16.4. The predicted molar refractivity (Wildman–Crippen MR) is 101 cm³/mol. The number of anilines is 1. The van der Waals surface area contributed by atoms with Crippen molar-refractivity contribution in [3.05, 3.63) is 66.1 Å². The van der Waals surface area contributed by atoms with Crippen molar-refractivity contribution in [3.8, 4) is 11.3 Å². The van der Waals surface area contributed by atoms with Crippen LogP contribution in [-0.4, -0.2) is 30.7 Å². The molecule has 27 heavy (non-hydrogen) atoms. The Morgan fingerprint density at radius 2 is 2.00 bits per heavy atom. The van der Waals surface area contributed by atoms with Crippen LogP contribution in [0.1, 0.15) is 29.0 Å². The Hall–Kier alpha value is -3.20. The van der Waals surface area contributed by atoms with E-state index in [2.05, 4.69) is 20.2 Å². The maximum absolute atomic E-state index is 12.4. The number of nitrogens with one attached hydrogen (secondary N) is 2. The summed E-state index contributed by atoms with van der Waals surface area (Å²) < 4.78 is 30.3. The van der Waals surface area contributed by atoms with Gasteiger partial charge in [0.2, 0.25) is 10.0 Å². The molecule has 0 aliphatic heterocycles. The monoisotopic (exact) mass is 386 g/mol. The van der Waals surface area contributed by atoms with Crippen LogP contribution in [0.25, 0.3) is 11.3 Å². The molecule has 0 fully saturated rings. The highest BCUT2D eigenvalue weighted by Gasteiger charge is 2.17. The van der Waals surface area contributed by atoms with Crippen LogP contribution in [0, 0.1) is 0 Å². The standard InChI is InChI=1S/C18H18N4O4S/c1-12(13-5-3-7-15(9-13)22-27(2,24)25)20-18(23)16-10-17(26-21-16)14-6-4-8-19-11-14/h3-12,22H,1-2H3,(H,20,23). The molecule has 1 unspecified atom stereocenters. The van der Waals surface area contributed by atoms with Crippen LogP contribution < -0.4 is 10.0 Å². The van der Waals surface area contributed by atoms with Gasteiger partial charge in [-0.25, -0.2) is 8.42 Å². The first-order valence-corrected chi connectivity index (χ1v) is 9.97. The molecule has 3 rings (SSSR count). The minimum absolute atomic E-state index is 0.145. The van der Waals surface area contributed by atoms with Crippen molar-refractivity contribution in [2.24, 2.45) is 0 Å². The summed E-state index contributed by atoms with van der Waals surface area (Å²) in [5, 5.41) is 6.61. The van der Waals surface area contributed by atoms with E-state index in [-0.39, 0.29) is 11.7 Å². The third-order valence-electron chi connectivity index (χ3n) is 3.73. The Labute approximate surface area is 156 Å². The SMILES string of the molecule is CC(NC(=O)c1cc(-c2cccnc2)on1)c1cccc(NS(C)(=O)=O)c1. The molecule has 2 heterocycles. The van der Waals surface area contributed by atoms with Gasteiger partial charge in [-0.3, -0.25) is 14.5 Å². The van der Waals surface area contributed by atoms with Crippen molar-refractivity contribution in [1.82, 2.24) is 15.5 Å². The van der Waals surface area contributed by atoms with Crippen molar-refractivity contribution in [2.45, 2.75) is 13.0 Å². The maximum Gasteiger partial charge on any atom is 0.273 e. The third kappa shape index (κ3) is 4.91. The number of hydrogen-bond donors (Lipinski definition) is 2. The molecule has 8 nitrogen and oxygen atoms in total. The molecule has 0 saturated heterocycles. The Balaban J connectivity index is 1.71. The van der Waals surface area contributed by atoms with Gasteiger partial charge in [0, 0.05) is 29.7 Å². The largest absolute Gasteiger partial charge is 0.355 e. The fourth-order valence-corrected chi connectivity index (χ4v) is 3.02. The van der Waals surface area contributed by atoms with Crippen molar-refractivity contribution in [3.63, 3.8) is 0 Å². The zero-order chi connectivity index (χ0) is 19.4. The molecule has 2 aromatic heterocycles. The van der Waals surface area contributed by atoms with Gasteiger partial charge >= 0.3 is 0 Å². The second-order valence-electron chi connectivity index (χ2n) is 6.01. The molecule has 1 amide bonds. The minimum atomic E-state index is -3.37. The van der Waals surface area contributed by atoms with Crippen molar-refractivity contribution in [1.29, 1.82) is 0 Å². The third-order valence-corrected chi connectivity index (χ3v) is 4.33. The summed E-state index contributed by atoms with van der Waals surface area (Å²) in [6.45, 7) is 1.79. The average molecular weight is 386 g/mol. The lowest BCUT2D eigenvalue weighted by Crippen LogP contribution is -2.27. The van der Waals surface area contributed by atoms with Gasteiger partial charge in [-0.05, 0) is 36.8 Å². The second-order valence-corrected chi connectivity index (χ2v) is 7.76. The first-order valence-electron chi connectivity index (χ1n) is 8.07. The van der Waals surface area contributed by atoms with Gasteiger partial charge in [-0.2, -0.15) is 0 Å². The highest BCUT2D eigenvalue weighted by Crippen LogP contribution is 2.21. The number of aromatic nitrogens is 2.